The van der Waals surface area contributed by atoms with Crippen molar-refractivity contribution in [2.45, 2.75) is 31.3 Å². The maximum Gasteiger partial charge on any atom is 0.231 e. The summed E-state index contributed by atoms with van der Waals surface area (Å²) in [5.74, 6) is 0. The Kier molecular flexibility index (Phi) is 6.17. The Morgan fingerprint density at radius 1 is 1.42 bits per heavy atom. The fourth-order valence-electron chi connectivity index (χ4n) is 0.885. The molecule has 70 valence electrons. The normalized spacial score (nSPS) is 11.2. The van der Waals surface area contributed by atoms with Crippen molar-refractivity contribution in [1.29, 1.82) is 5.26 Å². The molecule has 0 rings (SSSR count). The van der Waals surface area contributed by atoms with Crippen molar-refractivity contribution in [2.24, 2.45) is 0 Å². The maximum atomic E-state index is 8.52. The van der Waals surface area contributed by atoms with E-state index >= 15 is 0 Å². The maximum absolute atomic E-state index is 8.52. The summed E-state index contributed by atoms with van der Waals surface area (Å²) in [6.07, 6.45) is 2.81. The van der Waals surface area contributed by atoms with Gasteiger partial charge >= 0.3 is 0 Å². The molecule has 0 heterocycles. The van der Waals surface area contributed by atoms with Gasteiger partial charge in [0, 0.05) is 32.4 Å². The van der Waals surface area contributed by atoms with E-state index in [1.807, 2.05) is 5.40 Å². The van der Waals surface area contributed by atoms with E-state index < -0.39 is 5.12 Å². The van der Waals surface area contributed by atoms with Crippen molar-refractivity contribution >= 4 is 11.8 Å². The van der Waals surface area contributed by atoms with Gasteiger partial charge in [-0.05, 0) is 6.42 Å². The predicted octanol–water partition coefficient (Wildman–Crippen LogP) is 2.34. The summed E-state index contributed by atoms with van der Waals surface area (Å²) in [6.45, 7) is 2.09. The Labute approximate surface area is 78.0 Å². The number of ether oxygens (including phenoxy) is 2. The lowest BCUT2D eigenvalue weighted by Crippen LogP contribution is -2.28. The number of thioether (sulfide) groups is 1. The van der Waals surface area contributed by atoms with Crippen LogP contribution >= 0.6 is 11.8 Å². The Hall–Kier alpha value is -0.240. The number of thiocyanates is 1. The van der Waals surface area contributed by atoms with Crippen molar-refractivity contribution in [2.75, 3.05) is 14.2 Å². The first-order chi connectivity index (χ1) is 5.74. The van der Waals surface area contributed by atoms with E-state index in [4.69, 9.17) is 14.7 Å². The second-order valence-electron chi connectivity index (χ2n) is 2.39. The highest BCUT2D eigenvalue weighted by atomic mass is 32.2. The average Bonchev–Trinajstić information content (AvgIpc) is 2.13. The summed E-state index contributed by atoms with van der Waals surface area (Å²) in [7, 11) is 3.12. The molecule has 0 spiro atoms. The van der Waals surface area contributed by atoms with Crippen molar-refractivity contribution in [3.63, 3.8) is 0 Å². The second-order valence-corrected chi connectivity index (χ2v) is 3.40. The number of nitrogens with zero attached hydrogens (tertiary/aromatic N) is 1. The lowest BCUT2D eigenvalue weighted by Gasteiger charge is -2.26. The highest BCUT2D eigenvalue weighted by Crippen LogP contribution is 2.31. The van der Waals surface area contributed by atoms with E-state index in [9.17, 15) is 0 Å². The number of unbranched alkanes of at least 4 members (excludes halogenated alkanes) is 1. The van der Waals surface area contributed by atoms with Crippen LogP contribution < -0.4 is 0 Å². The monoisotopic (exact) mass is 189 g/mol. The van der Waals surface area contributed by atoms with Crippen LogP contribution in [0.25, 0.3) is 0 Å². The summed E-state index contributed by atoms with van der Waals surface area (Å²) in [6, 6.07) is 0. The van der Waals surface area contributed by atoms with E-state index in [0.29, 0.717) is 0 Å². The molecule has 12 heavy (non-hydrogen) atoms. The van der Waals surface area contributed by atoms with Gasteiger partial charge in [0.25, 0.3) is 0 Å². The molecule has 3 nitrogen and oxygen atoms in total. The topological polar surface area (TPSA) is 42.2 Å². The Morgan fingerprint density at radius 2 is 2.00 bits per heavy atom. The molecule has 0 amide bonds. The Morgan fingerprint density at radius 3 is 2.33 bits per heavy atom. The zero-order valence-electron chi connectivity index (χ0n) is 7.79. The molecule has 0 aliphatic rings. The minimum absolute atomic E-state index is 0.745. The molecule has 0 aromatic heterocycles. The molecule has 0 aliphatic heterocycles. The number of nitriles is 1. The molecule has 0 atom stereocenters. The Bertz CT molecular complexity index is 152. The van der Waals surface area contributed by atoms with Crippen LogP contribution in [0.3, 0.4) is 0 Å². The van der Waals surface area contributed by atoms with Gasteiger partial charge in [-0.2, -0.15) is 5.26 Å². The molecular weight excluding hydrogens is 174 g/mol. The largest absolute Gasteiger partial charge is 0.344 e. The smallest absolute Gasteiger partial charge is 0.231 e. The molecule has 0 unspecified atom stereocenters. The highest BCUT2D eigenvalue weighted by Gasteiger charge is 2.29. The lowest BCUT2D eigenvalue weighted by molar-refractivity contribution is -0.138. The Balaban J connectivity index is 4.06. The van der Waals surface area contributed by atoms with E-state index in [0.717, 1.165) is 31.0 Å². The lowest BCUT2D eigenvalue weighted by atomic mass is 10.2. The fourth-order valence-corrected chi connectivity index (χ4v) is 1.44. The van der Waals surface area contributed by atoms with E-state index in [2.05, 4.69) is 6.92 Å². The summed E-state index contributed by atoms with van der Waals surface area (Å²) in [5, 5.41) is 9.74. The molecular formula is C8H15NO2S. The van der Waals surface area contributed by atoms with Crippen LogP contribution in [0.5, 0.6) is 0 Å². The third kappa shape index (κ3) is 3.44. The van der Waals surface area contributed by atoms with Crippen LogP contribution in [0.15, 0.2) is 0 Å². The SMILES string of the molecule is CCCCC(OC)(OC)SC#N. The summed E-state index contributed by atoms with van der Waals surface area (Å²) >= 11 is 1.02. The third-order valence-corrected chi connectivity index (χ3v) is 2.60. The fraction of sp³-hybridized carbons (Fsp3) is 0.875. The molecule has 0 aromatic rings. The quantitative estimate of drug-likeness (QED) is 0.475. The third-order valence-electron chi connectivity index (χ3n) is 1.66. The second kappa shape index (κ2) is 6.30. The molecule has 0 N–H and O–H groups in total. The first-order valence-corrected chi connectivity index (χ1v) is 4.73. The van der Waals surface area contributed by atoms with Gasteiger partial charge < -0.3 is 9.47 Å². The molecule has 0 aromatic carbocycles. The van der Waals surface area contributed by atoms with Crippen molar-refractivity contribution in [1.82, 2.24) is 0 Å². The van der Waals surface area contributed by atoms with Gasteiger partial charge in [-0.1, -0.05) is 13.3 Å². The zero-order valence-corrected chi connectivity index (χ0v) is 8.61. The molecule has 0 fully saturated rings. The van der Waals surface area contributed by atoms with Crippen LogP contribution in [0.2, 0.25) is 0 Å². The van der Waals surface area contributed by atoms with Crippen LogP contribution in [0.4, 0.5) is 0 Å². The summed E-state index contributed by atoms with van der Waals surface area (Å²) in [4.78, 5) is 0. The van der Waals surface area contributed by atoms with Gasteiger partial charge in [0.1, 0.15) is 5.40 Å². The molecule has 0 aliphatic carbocycles. The number of rotatable bonds is 6. The van der Waals surface area contributed by atoms with Crippen LogP contribution in [0, 0.1) is 10.7 Å². The summed E-state index contributed by atoms with van der Waals surface area (Å²) < 4.78 is 10.3. The minimum atomic E-state index is -0.759. The summed E-state index contributed by atoms with van der Waals surface area (Å²) in [5.41, 5.74) is 0. The first kappa shape index (κ1) is 11.8. The van der Waals surface area contributed by atoms with Crippen LogP contribution in [0.1, 0.15) is 26.2 Å². The van der Waals surface area contributed by atoms with Gasteiger partial charge in [-0.25, -0.2) is 0 Å². The van der Waals surface area contributed by atoms with Gasteiger partial charge in [0.15, 0.2) is 0 Å². The zero-order chi connectivity index (χ0) is 9.45. The first-order valence-electron chi connectivity index (χ1n) is 3.92. The average molecular weight is 189 g/mol. The van der Waals surface area contributed by atoms with Crippen molar-refractivity contribution in [3.8, 4) is 5.40 Å². The highest BCUT2D eigenvalue weighted by molar-refractivity contribution is 8.04. The molecule has 0 bridgehead atoms. The predicted molar refractivity (Wildman–Crippen MR) is 49.5 cm³/mol. The standard InChI is InChI=1S/C8H15NO2S/c1-4-5-6-8(10-2,11-3)12-7-9/h4-6H2,1-3H3. The molecule has 0 radical (unpaired) electrons. The van der Waals surface area contributed by atoms with Gasteiger partial charge in [0.05, 0.1) is 0 Å². The molecule has 0 saturated carbocycles. The van der Waals surface area contributed by atoms with Gasteiger partial charge in [-0.15, -0.1) is 0 Å². The van der Waals surface area contributed by atoms with Crippen molar-refractivity contribution in [3.05, 3.63) is 0 Å². The number of methoxy groups -OCH3 is 2. The van der Waals surface area contributed by atoms with Crippen molar-refractivity contribution < 1.29 is 9.47 Å². The van der Waals surface area contributed by atoms with Gasteiger partial charge in [0.2, 0.25) is 5.12 Å². The van der Waals surface area contributed by atoms with Crippen LogP contribution in [-0.2, 0) is 9.47 Å². The minimum Gasteiger partial charge on any atom is -0.344 e. The molecule has 4 heteroatoms. The van der Waals surface area contributed by atoms with E-state index in [-0.39, 0.29) is 0 Å². The van der Waals surface area contributed by atoms with Crippen LogP contribution in [-0.4, -0.2) is 19.3 Å². The molecule has 0 saturated heterocycles. The van der Waals surface area contributed by atoms with Gasteiger partial charge in [-0.3, -0.25) is 0 Å². The number of hydrogen-bond acceptors (Lipinski definition) is 4. The van der Waals surface area contributed by atoms with E-state index in [1.165, 1.54) is 0 Å². The number of hydrogen-bond donors (Lipinski definition) is 0. The van der Waals surface area contributed by atoms with E-state index in [1.54, 1.807) is 14.2 Å².